The monoisotopic (exact) mass is 393 g/mol. The molecule has 0 bridgehead atoms. The summed E-state index contributed by atoms with van der Waals surface area (Å²) in [4.78, 5) is 30.0. The molecule has 1 N–H and O–H groups in total. The predicted molar refractivity (Wildman–Crippen MR) is 109 cm³/mol. The van der Waals surface area contributed by atoms with Crippen LogP contribution in [0.5, 0.6) is 0 Å². The number of para-hydroxylation sites is 1. The van der Waals surface area contributed by atoms with Crippen molar-refractivity contribution in [3.05, 3.63) is 70.5 Å². The van der Waals surface area contributed by atoms with Crippen molar-refractivity contribution in [2.75, 3.05) is 4.90 Å². The number of carbonyl (C=O) groups excluding carboxylic acids is 1. The average Bonchev–Trinajstić information content (AvgIpc) is 2.71. The van der Waals surface area contributed by atoms with Gasteiger partial charge in [-0.05, 0) is 17.7 Å². The van der Waals surface area contributed by atoms with E-state index in [0.29, 0.717) is 23.0 Å². The minimum Gasteiger partial charge on any atom is -0.291 e. The Morgan fingerprint density at radius 2 is 1.89 bits per heavy atom. The summed E-state index contributed by atoms with van der Waals surface area (Å²) in [5.74, 6) is 0.630. The van der Waals surface area contributed by atoms with Gasteiger partial charge in [-0.25, -0.2) is 0 Å². The molecule has 3 aromatic rings. The van der Waals surface area contributed by atoms with Crippen LogP contribution in [0.15, 0.2) is 64.5 Å². The van der Waals surface area contributed by atoms with Crippen molar-refractivity contribution in [1.82, 2.24) is 10.1 Å². The molecule has 1 atom stereocenters. The maximum atomic E-state index is 13.0. The molecule has 0 saturated heterocycles. The number of nitrogens with one attached hydrogen (secondary N) is 1. The molecule has 28 heavy (non-hydrogen) atoms. The number of hydrogen-bond acceptors (Lipinski definition) is 4. The van der Waals surface area contributed by atoms with E-state index >= 15 is 0 Å². The van der Waals surface area contributed by atoms with Gasteiger partial charge in [-0.15, -0.1) is 0 Å². The van der Waals surface area contributed by atoms with E-state index in [9.17, 15) is 9.59 Å². The van der Waals surface area contributed by atoms with Crippen LogP contribution in [0.4, 0.5) is 5.69 Å². The number of fused-ring (bicyclic) bond motifs is 3. The van der Waals surface area contributed by atoms with E-state index in [4.69, 9.17) is 5.10 Å². The third-order valence-corrected chi connectivity index (χ3v) is 5.72. The number of hydrogen-bond donors (Lipinski definition) is 1. The van der Waals surface area contributed by atoms with E-state index in [1.165, 1.54) is 11.8 Å². The molecule has 0 saturated carbocycles. The summed E-state index contributed by atoms with van der Waals surface area (Å²) < 4.78 is 1.70. The van der Waals surface area contributed by atoms with Gasteiger partial charge in [-0.1, -0.05) is 65.8 Å². The summed E-state index contributed by atoms with van der Waals surface area (Å²) in [6.07, 6.45) is 0.311. The van der Waals surface area contributed by atoms with Crippen LogP contribution in [0, 0.1) is 0 Å². The van der Waals surface area contributed by atoms with E-state index < -0.39 is 0 Å². The Morgan fingerprint density at radius 1 is 1.18 bits per heavy atom. The largest absolute Gasteiger partial charge is 0.325 e. The topological polar surface area (TPSA) is 69.9 Å². The molecule has 0 unspecified atom stereocenters. The fraction of sp³-hybridized carbons (Fsp3) is 0.238. The molecule has 142 valence electrons. The van der Waals surface area contributed by atoms with Crippen LogP contribution < -0.4 is 15.1 Å². The Labute approximate surface area is 167 Å². The maximum Gasteiger partial charge on any atom is 0.325 e. The first-order valence-corrected chi connectivity index (χ1v) is 10.2. The van der Waals surface area contributed by atoms with Gasteiger partial charge in [0.1, 0.15) is 0 Å². The van der Waals surface area contributed by atoms with Crippen LogP contribution in [0.3, 0.4) is 0 Å². The van der Waals surface area contributed by atoms with Gasteiger partial charge < -0.3 is 0 Å². The molecule has 4 rings (SSSR count). The van der Waals surface area contributed by atoms with Crippen molar-refractivity contribution >= 4 is 23.4 Å². The molecule has 0 aliphatic carbocycles. The van der Waals surface area contributed by atoms with Crippen molar-refractivity contribution in [3.63, 3.8) is 0 Å². The van der Waals surface area contributed by atoms with Gasteiger partial charge in [0.25, 0.3) is 6.17 Å². The molecule has 1 aliphatic heterocycles. The molecule has 6 nitrogen and oxygen atoms in total. The van der Waals surface area contributed by atoms with Gasteiger partial charge in [-0.3, -0.25) is 19.5 Å². The third-order valence-electron chi connectivity index (χ3n) is 4.79. The molecular formula is C21H21N4O2S+. The van der Waals surface area contributed by atoms with Crippen LogP contribution in [-0.4, -0.2) is 16.0 Å². The van der Waals surface area contributed by atoms with Gasteiger partial charge in [0.05, 0.1) is 11.3 Å². The van der Waals surface area contributed by atoms with Gasteiger partial charge in [-0.2, -0.15) is 0 Å². The fourth-order valence-corrected chi connectivity index (χ4v) is 4.38. The molecule has 2 aromatic carbocycles. The summed E-state index contributed by atoms with van der Waals surface area (Å²) in [5, 5.41) is 5.24. The third kappa shape index (κ3) is 3.22. The number of thioether (sulfide) groups is 1. The van der Waals surface area contributed by atoms with Crippen molar-refractivity contribution in [3.8, 4) is 11.3 Å². The van der Waals surface area contributed by atoms with Crippen LogP contribution in [-0.2, 0) is 10.5 Å². The molecule has 1 amide bonds. The lowest BCUT2D eigenvalue weighted by atomic mass is 10.0. The minimum absolute atomic E-state index is 0.0713. The van der Waals surface area contributed by atoms with Crippen molar-refractivity contribution in [1.29, 1.82) is 0 Å². The number of rotatable bonds is 4. The number of benzene rings is 2. The first kappa shape index (κ1) is 18.4. The first-order chi connectivity index (χ1) is 13.6. The van der Waals surface area contributed by atoms with Crippen LogP contribution in [0.25, 0.3) is 11.3 Å². The normalized spacial score (nSPS) is 15.1. The van der Waals surface area contributed by atoms with Crippen molar-refractivity contribution < 1.29 is 9.48 Å². The van der Waals surface area contributed by atoms with Crippen LogP contribution in [0.1, 0.15) is 32.0 Å². The highest BCUT2D eigenvalue weighted by Crippen LogP contribution is 2.35. The highest BCUT2D eigenvalue weighted by atomic mass is 32.2. The number of aromatic amines is 1. The summed E-state index contributed by atoms with van der Waals surface area (Å²) in [5.41, 5.74) is 2.92. The van der Waals surface area contributed by atoms with Crippen molar-refractivity contribution in [2.45, 2.75) is 37.3 Å². The standard InChI is InChI=1S/C21H20N4O2S/c1-3-18-24(14(2)26)17-12-8-7-11-16(17)19-20(27)22-21(23-25(18)19)28-13-15-9-5-4-6-10-15/h4-12,18H,3,13H2,1-2H3/p+1/t18-/m0/s1. The van der Waals surface area contributed by atoms with E-state index in [0.717, 1.165) is 16.8 Å². The number of anilines is 1. The van der Waals surface area contributed by atoms with Crippen LogP contribution in [0.2, 0.25) is 0 Å². The SMILES string of the molecule is CC[C@H]1N(C(C)=O)c2ccccc2-c2c(=O)[nH]c(SCc3ccccc3)n[n+]21. The molecule has 0 radical (unpaired) electrons. The van der Waals surface area contributed by atoms with Gasteiger partial charge >= 0.3 is 11.3 Å². The summed E-state index contributed by atoms with van der Waals surface area (Å²) in [7, 11) is 0. The maximum absolute atomic E-state index is 13.0. The molecule has 0 fully saturated rings. The number of H-pyrrole nitrogens is 1. The highest BCUT2D eigenvalue weighted by molar-refractivity contribution is 7.98. The Kier molecular flexibility index (Phi) is 5.00. The Bertz CT molecular complexity index is 1080. The van der Waals surface area contributed by atoms with E-state index in [1.54, 1.807) is 16.5 Å². The number of nitrogens with zero attached hydrogens (tertiary/aromatic N) is 3. The zero-order valence-electron chi connectivity index (χ0n) is 15.8. The predicted octanol–water partition coefficient (Wildman–Crippen LogP) is 3.29. The number of amides is 1. The lowest BCUT2D eigenvalue weighted by Gasteiger charge is -2.30. The number of carbonyl (C=O) groups is 1. The first-order valence-electron chi connectivity index (χ1n) is 9.22. The summed E-state index contributed by atoms with van der Waals surface area (Å²) in [6, 6.07) is 17.5. The van der Waals surface area contributed by atoms with E-state index in [2.05, 4.69) is 4.98 Å². The van der Waals surface area contributed by atoms with Crippen molar-refractivity contribution in [2.24, 2.45) is 0 Å². The smallest absolute Gasteiger partial charge is 0.291 e. The second-order valence-electron chi connectivity index (χ2n) is 6.62. The molecule has 2 heterocycles. The Morgan fingerprint density at radius 3 is 2.61 bits per heavy atom. The second kappa shape index (κ2) is 7.59. The summed E-state index contributed by atoms with van der Waals surface area (Å²) >= 11 is 1.47. The second-order valence-corrected chi connectivity index (χ2v) is 7.59. The van der Waals surface area contributed by atoms with E-state index in [1.807, 2.05) is 61.5 Å². The zero-order chi connectivity index (χ0) is 19.7. The van der Waals surface area contributed by atoms with Crippen LogP contribution >= 0.6 is 11.8 Å². The Balaban J connectivity index is 1.80. The molecular weight excluding hydrogens is 372 g/mol. The lowest BCUT2D eigenvalue weighted by molar-refractivity contribution is -0.771. The summed E-state index contributed by atoms with van der Waals surface area (Å²) in [6.45, 7) is 3.54. The number of aromatic nitrogens is 3. The molecule has 0 spiro atoms. The molecule has 7 heteroatoms. The quantitative estimate of drug-likeness (QED) is 0.545. The Hall–Kier alpha value is -2.93. The molecule has 1 aromatic heterocycles. The highest BCUT2D eigenvalue weighted by Gasteiger charge is 2.42. The van der Waals surface area contributed by atoms with Gasteiger partial charge in [0.2, 0.25) is 11.1 Å². The van der Waals surface area contributed by atoms with Gasteiger partial charge in [0, 0.05) is 24.2 Å². The fourth-order valence-electron chi connectivity index (χ4n) is 3.57. The average molecular weight is 393 g/mol. The molecule has 1 aliphatic rings. The lowest BCUT2D eigenvalue weighted by Crippen LogP contribution is -2.60. The van der Waals surface area contributed by atoms with Gasteiger partial charge in [0.15, 0.2) is 0 Å². The zero-order valence-corrected chi connectivity index (χ0v) is 16.6. The minimum atomic E-state index is -0.333. The van der Waals surface area contributed by atoms with E-state index in [-0.39, 0.29) is 17.6 Å².